The third-order valence-corrected chi connectivity index (χ3v) is 5.25. The SMILES string of the molecule is CCCSc1nc(O)c(Cc2ccccc2)c(=O)n1-c1ccccc1OC. The molecule has 140 valence electrons. The van der Waals surface area contributed by atoms with Crippen LogP contribution in [-0.2, 0) is 6.42 Å². The molecule has 1 aromatic heterocycles. The first kappa shape index (κ1) is 19.0. The Morgan fingerprint density at radius 2 is 1.81 bits per heavy atom. The first-order valence-electron chi connectivity index (χ1n) is 8.80. The Labute approximate surface area is 162 Å². The number of hydrogen-bond donors (Lipinski definition) is 1. The third-order valence-electron chi connectivity index (χ3n) is 4.11. The number of benzene rings is 2. The summed E-state index contributed by atoms with van der Waals surface area (Å²) >= 11 is 1.44. The van der Waals surface area contributed by atoms with E-state index < -0.39 is 0 Å². The quantitative estimate of drug-likeness (QED) is 0.493. The maximum Gasteiger partial charge on any atom is 0.266 e. The van der Waals surface area contributed by atoms with Gasteiger partial charge in [-0.15, -0.1) is 0 Å². The summed E-state index contributed by atoms with van der Waals surface area (Å²) in [6.45, 7) is 2.06. The summed E-state index contributed by atoms with van der Waals surface area (Å²) in [5.74, 6) is 1.16. The van der Waals surface area contributed by atoms with Gasteiger partial charge in [0.15, 0.2) is 5.16 Å². The Kier molecular flexibility index (Phi) is 6.19. The number of ether oxygens (including phenoxy) is 1. The largest absolute Gasteiger partial charge is 0.495 e. The van der Waals surface area contributed by atoms with Crippen LogP contribution in [-0.4, -0.2) is 27.5 Å². The second-order valence-electron chi connectivity index (χ2n) is 6.02. The van der Waals surface area contributed by atoms with Gasteiger partial charge in [-0.1, -0.05) is 61.2 Å². The van der Waals surface area contributed by atoms with Crippen LogP contribution in [0, 0.1) is 0 Å². The molecular formula is C21H22N2O3S. The Bertz CT molecular complexity index is 971. The van der Waals surface area contributed by atoms with Crippen molar-refractivity contribution in [3.63, 3.8) is 0 Å². The van der Waals surface area contributed by atoms with Crippen molar-refractivity contribution in [2.75, 3.05) is 12.9 Å². The summed E-state index contributed by atoms with van der Waals surface area (Å²) in [6.07, 6.45) is 1.24. The van der Waals surface area contributed by atoms with E-state index >= 15 is 0 Å². The summed E-state index contributed by atoms with van der Waals surface area (Å²) in [7, 11) is 1.57. The molecule has 5 nitrogen and oxygen atoms in total. The third kappa shape index (κ3) is 4.17. The fourth-order valence-corrected chi connectivity index (χ4v) is 3.65. The zero-order valence-corrected chi connectivity index (χ0v) is 16.2. The van der Waals surface area contributed by atoms with Gasteiger partial charge in [-0.3, -0.25) is 9.36 Å². The molecule has 1 N–H and O–H groups in total. The first-order chi connectivity index (χ1) is 13.2. The summed E-state index contributed by atoms with van der Waals surface area (Å²) in [5.41, 5.74) is 1.54. The lowest BCUT2D eigenvalue weighted by molar-refractivity contribution is 0.408. The van der Waals surface area contributed by atoms with Gasteiger partial charge in [-0.2, -0.15) is 4.98 Å². The standard InChI is InChI=1S/C21H22N2O3S/c1-3-13-27-21-22-19(24)16(14-15-9-5-4-6-10-15)20(25)23(21)17-11-7-8-12-18(17)26-2/h4-12,24H,3,13-14H2,1-2H3. The molecule has 0 fully saturated rings. The number of hydrogen-bond acceptors (Lipinski definition) is 5. The minimum absolute atomic E-state index is 0.214. The molecule has 0 radical (unpaired) electrons. The van der Waals surface area contributed by atoms with Crippen molar-refractivity contribution in [1.29, 1.82) is 0 Å². The van der Waals surface area contributed by atoms with Crippen molar-refractivity contribution in [2.45, 2.75) is 24.9 Å². The number of methoxy groups -OCH3 is 1. The molecule has 0 aliphatic rings. The number of para-hydroxylation sites is 2. The second kappa shape index (κ2) is 8.77. The molecule has 0 spiro atoms. The Morgan fingerprint density at radius 1 is 1.11 bits per heavy atom. The van der Waals surface area contributed by atoms with E-state index in [2.05, 4.69) is 11.9 Å². The molecule has 0 atom stereocenters. The van der Waals surface area contributed by atoms with E-state index in [1.54, 1.807) is 13.2 Å². The van der Waals surface area contributed by atoms with Crippen LogP contribution in [0.4, 0.5) is 0 Å². The van der Waals surface area contributed by atoms with E-state index in [9.17, 15) is 9.90 Å². The Balaban J connectivity index is 2.19. The fraction of sp³-hybridized carbons (Fsp3) is 0.238. The minimum Gasteiger partial charge on any atom is -0.495 e. The van der Waals surface area contributed by atoms with Crippen molar-refractivity contribution in [1.82, 2.24) is 9.55 Å². The summed E-state index contributed by atoms with van der Waals surface area (Å²) < 4.78 is 6.98. The van der Waals surface area contributed by atoms with E-state index in [0.29, 0.717) is 23.0 Å². The lowest BCUT2D eigenvalue weighted by Crippen LogP contribution is -2.26. The first-order valence-corrected chi connectivity index (χ1v) is 9.79. The number of thioether (sulfide) groups is 1. The molecule has 27 heavy (non-hydrogen) atoms. The van der Waals surface area contributed by atoms with Gasteiger partial charge in [-0.25, -0.2) is 0 Å². The highest BCUT2D eigenvalue weighted by atomic mass is 32.2. The number of aromatic hydroxyl groups is 1. The highest BCUT2D eigenvalue weighted by Gasteiger charge is 2.20. The number of rotatable bonds is 7. The topological polar surface area (TPSA) is 64.4 Å². The summed E-state index contributed by atoms with van der Waals surface area (Å²) in [4.78, 5) is 17.7. The van der Waals surface area contributed by atoms with Crippen molar-refractivity contribution in [3.8, 4) is 17.3 Å². The lowest BCUT2D eigenvalue weighted by atomic mass is 10.1. The molecule has 3 aromatic rings. The zero-order chi connectivity index (χ0) is 19.2. The van der Waals surface area contributed by atoms with Gasteiger partial charge in [0.1, 0.15) is 5.75 Å². The van der Waals surface area contributed by atoms with Gasteiger partial charge >= 0.3 is 0 Å². The van der Waals surface area contributed by atoms with Crippen LogP contribution in [0.15, 0.2) is 64.5 Å². The number of nitrogens with zero attached hydrogens (tertiary/aromatic N) is 2. The molecule has 0 unspecified atom stereocenters. The predicted octanol–water partition coefficient (Wildman–Crippen LogP) is 4.04. The molecule has 3 rings (SSSR count). The predicted molar refractivity (Wildman–Crippen MR) is 108 cm³/mol. The average molecular weight is 382 g/mol. The van der Waals surface area contributed by atoms with Crippen molar-refractivity contribution in [2.24, 2.45) is 0 Å². The molecule has 0 saturated carbocycles. The number of aromatic nitrogens is 2. The summed E-state index contributed by atoms with van der Waals surface area (Å²) in [5, 5.41) is 10.9. The molecule has 0 bridgehead atoms. The average Bonchev–Trinajstić information content (AvgIpc) is 2.70. The second-order valence-corrected chi connectivity index (χ2v) is 7.08. The zero-order valence-electron chi connectivity index (χ0n) is 15.4. The smallest absolute Gasteiger partial charge is 0.266 e. The maximum absolute atomic E-state index is 13.3. The molecule has 0 amide bonds. The molecule has 6 heteroatoms. The van der Waals surface area contributed by atoms with Crippen LogP contribution >= 0.6 is 11.8 Å². The maximum atomic E-state index is 13.3. The van der Waals surface area contributed by atoms with Gasteiger partial charge < -0.3 is 9.84 Å². The van der Waals surface area contributed by atoms with Crippen LogP contribution in [0.1, 0.15) is 24.5 Å². The Hall–Kier alpha value is -2.73. The fourth-order valence-electron chi connectivity index (χ4n) is 2.80. The van der Waals surface area contributed by atoms with E-state index in [-0.39, 0.29) is 17.0 Å². The van der Waals surface area contributed by atoms with Crippen molar-refractivity contribution >= 4 is 11.8 Å². The molecular weight excluding hydrogens is 360 g/mol. The Morgan fingerprint density at radius 3 is 2.52 bits per heavy atom. The van der Waals surface area contributed by atoms with E-state index in [0.717, 1.165) is 17.7 Å². The molecule has 1 heterocycles. The van der Waals surface area contributed by atoms with E-state index in [4.69, 9.17) is 4.74 Å². The lowest BCUT2D eigenvalue weighted by Gasteiger charge is -2.16. The normalized spacial score (nSPS) is 10.7. The highest BCUT2D eigenvalue weighted by molar-refractivity contribution is 7.99. The van der Waals surface area contributed by atoms with E-state index in [1.807, 2.05) is 48.5 Å². The van der Waals surface area contributed by atoms with Crippen LogP contribution in [0.3, 0.4) is 0 Å². The molecule has 0 aliphatic carbocycles. The van der Waals surface area contributed by atoms with Gasteiger partial charge in [0.05, 0.1) is 18.4 Å². The monoisotopic (exact) mass is 382 g/mol. The van der Waals surface area contributed by atoms with Gasteiger partial charge in [-0.05, 0) is 24.1 Å². The van der Waals surface area contributed by atoms with Crippen molar-refractivity contribution < 1.29 is 9.84 Å². The molecule has 2 aromatic carbocycles. The van der Waals surface area contributed by atoms with Crippen LogP contribution in [0.2, 0.25) is 0 Å². The van der Waals surface area contributed by atoms with Crippen molar-refractivity contribution in [3.05, 3.63) is 76.1 Å². The van der Waals surface area contributed by atoms with E-state index in [1.165, 1.54) is 16.3 Å². The van der Waals surface area contributed by atoms with Crippen LogP contribution in [0.5, 0.6) is 11.6 Å². The van der Waals surface area contributed by atoms with Gasteiger partial charge in [0.2, 0.25) is 5.88 Å². The molecule has 0 aliphatic heterocycles. The summed E-state index contributed by atoms with van der Waals surface area (Å²) in [6, 6.07) is 16.9. The van der Waals surface area contributed by atoms with Gasteiger partial charge in [0.25, 0.3) is 5.56 Å². The van der Waals surface area contributed by atoms with Gasteiger partial charge in [0, 0.05) is 12.2 Å². The highest BCUT2D eigenvalue weighted by Crippen LogP contribution is 2.28. The molecule has 0 saturated heterocycles. The van der Waals surface area contributed by atoms with Crippen LogP contribution < -0.4 is 10.3 Å². The van der Waals surface area contributed by atoms with Crippen LogP contribution in [0.25, 0.3) is 5.69 Å². The minimum atomic E-state index is -0.283.